The second kappa shape index (κ2) is 7.28. The third-order valence-corrected chi connectivity index (χ3v) is 6.07. The summed E-state index contributed by atoms with van der Waals surface area (Å²) in [6.07, 6.45) is 6.50. The lowest BCUT2D eigenvalue weighted by Gasteiger charge is -2.21. The van der Waals surface area contributed by atoms with Gasteiger partial charge >= 0.3 is 0 Å². The van der Waals surface area contributed by atoms with Gasteiger partial charge in [0.25, 0.3) is 0 Å². The van der Waals surface area contributed by atoms with Crippen molar-refractivity contribution in [2.45, 2.75) is 36.3 Å². The lowest BCUT2D eigenvalue weighted by atomic mass is 10.2. The summed E-state index contributed by atoms with van der Waals surface area (Å²) in [5.41, 5.74) is 0.603. The molecule has 2 heterocycles. The summed E-state index contributed by atoms with van der Waals surface area (Å²) >= 11 is 1.86. The van der Waals surface area contributed by atoms with Gasteiger partial charge in [0.15, 0.2) is 0 Å². The van der Waals surface area contributed by atoms with Gasteiger partial charge in [0, 0.05) is 30.7 Å². The van der Waals surface area contributed by atoms with Crippen molar-refractivity contribution in [2.75, 3.05) is 24.2 Å². The van der Waals surface area contributed by atoms with E-state index in [-0.39, 0.29) is 4.90 Å². The zero-order valence-corrected chi connectivity index (χ0v) is 13.3. The molecule has 0 spiro atoms. The summed E-state index contributed by atoms with van der Waals surface area (Å²) in [4.78, 5) is 4.15. The summed E-state index contributed by atoms with van der Waals surface area (Å²) in [5, 5.41) is 3.44. The molecule has 0 amide bonds. The van der Waals surface area contributed by atoms with Crippen LogP contribution in [0.1, 0.15) is 26.2 Å². The van der Waals surface area contributed by atoms with Crippen LogP contribution in [0.5, 0.6) is 0 Å². The summed E-state index contributed by atoms with van der Waals surface area (Å²) in [7, 11) is -3.50. The molecule has 1 aromatic rings. The Morgan fingerprint density at radius 2 is 2.30 bits per heavy atom. The molecule has 1 fully saturated rings. The highest BCUT2D eigenvalue weighted by Gasteiger charge is 2.21. The number of pyridine rings is 1. The minimum absolute atomic E-state index is 0.225. The number of sulfonamides is 1. The first-order valence-electron chi connectivity index (χ1n) is 6.92. The summed E-state index contributed by atoms with van der Waals surface area (Å²) in [5.74, 6) is 1.13. The maximum absolute atomic E-state index is 12.4. The number of hydrogen-bond donors (Lipinski definition) is 2. The van der Waals surface area contributed by atoms with Gasteiger partial charge in [-0.1, -0.05) is 6.42 Å². The van der Waals surface area contributed by atoms with E-state index in [0.29, 0.717) is 24.0 Å². The monoisotopic (exact) mass is 315 g/mol. The van der Waals surface area contributed by atoms with Crippen molar-refractivity contribution in [3.05, 3.63) is 18.5 Å². The average molecular weight is 315 g/mol. The maximum atomic E-state index is 12.4. The molecular formula is C13H21N3O2S2. The molecule has 0 radical (unpaired) electrons. The number of nitrogens with one attached hydrogen (secondary N) is 2. The van der Waals surface area contributed by atoms with Crippen molar-refractivity contribution in [3.8, 4) is 0 Å². The molecule has 1 atom stereocenters. The number of thioether (sulfide) groups is 1. The van der Waals surface area contributed by atoms with Crippen molar-refractivity contribution >= 4 is 27.5 Å². The lowest BCUT2D eigenvalue weighted by molar-refractivity contribution is 0.573. The van der Waals surface area contributed by atoms with Crippen LogP contribution >= 0.6 is 11.8 Å². The summed E-state index contributed by atoms with van der Waals surface area (Å²) < 4.78 is 27.5. The molecule has 7 heteroatoms. The standard InChI is InChI=1S/C13H21N3O2S2/c1-2-15-12-6-7-14-10-13(12)20(17,18)16-9-11-5-3-4-8-19-11/h6-7,10-11,16H,2-5,8-9H2,1H3,(H,14,15). The number of rotatable bonds is 6. The molecule has 1 unspecified atom stereocenters. The van der Waals surface area contributed by atoms with Gasteiger partial charge in [0.1, 0.15) is 4.90 Å². The molecule has 2 N–H and O–H groups in total. The van der Waals surface area contributed by atoms with E-state index >= 15 is 0 Å². The van der Waals surface area contributed by atoms with Gasteiger partial charge in [-0.25, -0.2) is 13.1 Å². The molecule has 112 valence electrons. The Hall–Kier alpha value is -0.790. The van der Waals surface area contributed by atoms with Crippen LogP contribution in [0.25, 0.3) is 0 Å². The number of anilines is 1. The van der Waals surface area contributed by atoms with Gasteiger partial charge in [-0.15, -0.1) is 0 Å². The van der Waals surface area contributed by atoms with Crippen LogP contribution in [0.2, 0.25) is 0 Å². The zero-order valence-electron chi connectivity index (χ0n) is 11.6. The van der Waals surface area contributed by atoms with Crippen molar-refractivity contribution in [3.63, 3.8) is 0 Å². The van der Waals surface area contributed by atoms with Crippen LogP contribution in [-0.2, 0) is 10.0 Å². The number of hydrogen-bond acceptors (Lipinski definition) is 5. The van der Waals surface area contributed by atoms with Crippen LogP contribution < -0.4 is 10.0 Å². The quantitative estimate of drug-likeness (QED) is 0.841. The molecule has 1 aliphatic heterocycles. The predicted molar refractivity (Wildman–Crippen MR) is 83.7 cm³/mol. The molecule has 2 rings (SSSR count). The van der Waals surface area contributed by atoms with E-state index in [1.165, 1.54) is 19.0 Å². The van der Waals surface area contributed by atoms with E-state index in [0.717, 1.165) is 12.2 Å². The number of aromatic nitrogens is 1. The van der Waals surface area contributed by atoms with Crippen LogP contribution in [0.15, 0.2) is 23.4 Å². The van der Waals surface area contributed by atoms with E-state index in [1.807, 2.05) is 18.7 Å². The maximum Gasteiger partial charge on any atom is 0.244 e. The fraction of sp³-hybridized carbons (Fsp3) is 0.615. The third kappa shape index (κ3) is 4.10. The van der Waals surface area contributed by atoms with E-state index in [4.69, 9.17) is 0 Å². The summed E-state index contributed by atoms with van der Waals surface area (Å²) in [6, 6.07) is 1.69. The highest BCUT2D eigenvalue weighted by Crippen LogP contribution is 2.25. The van der Waals surface area contributed by atoms with Gasteiger partial charge in [0.2, 0.25) is 10.0 Å². The third-order valence-electron chi connectivity index (χ3n) is 3.22. The minimum Gasteiger partial charge on any atom is -0.384 e. The van der Waals surface area contributed by atoms with Crippen molar-refractivity contribution < 1.29 is 8.42 Å². The van der Waals surface area contributed by atoms with Gasteiger partial charge in [-0.2, -0.15) is 11.8 Å². The average Bonchev–Trinajstić information content (AvgIpc) is 2.47. The molecule has 0 bridgehead atoms. The lowest BCUT2D eigenvalue weighted by Crippen LogP contribution is -2.32. The first-order valence-corrected chi connectivity index (χ1v) is 9.46. The first kappa shape index (κ1) is 15.6. The second-order valence-corrected chi connectivity index (χ2v) is 7.89. The Balaban J connectivity index is 2.05. The minimum atomic E-state index is -3.50. The Morgan fingerprint density at radius 1 is 1.45 bits per heavy atom. The zero-order chi connectivity index (χ0) is 14.4. The Labute approximate surface area is 125 Å². The molecule has 1 aromatic heterocycles. The van der Waals surface area contributed by atoms with Crippen molar-refractivity contribution in [1.82, 2.24) is 9.71 Å². The molecule has 5 nitrogen and oxygen atoms in total. The molecule has 0 aromatic carbocycles. The molecule has 1 saturated heterocycles. The highest BCUT2D eigenvalue weighted by atomic mass is 32.2. The van der Waals surface area contributed by atoms with Crippen molar-refractivity contribution in [1.29, 1.82) is 0 Å². The fourth-order valence-corrected chi connectivity index (χ4v) is 4.73. The number of nitrogens with zero attached hydrogens (tertiary/aromatic N) is 1. The van der Waals surface area contributed by atoms with Crippen LogP contribution in [-0.4, -0.2) is 37.5 Å². The van der Waals surface area contributed by atoms with Gasteiger partial charge in [0.05, 0.1) is 5.69 Å². The Morgan fingerprint density at radius 3 is 3.00 bits per heavy atom. The molecule has 1 aliphatic rings. The smallest absolute Gasteiger partial charge is 0.244 e. The fourth-order valence-electron chi connectivity index (χ4n) is 2.18. The van der Waals surface area contributed by atoms with E-state index < -0.39 is 10.0 Å². The van der Waals surface area contributed by atoms with Gasteiger partial charge < -0.3 is 5.32 Å². The van der Waals surface area contributed by atoms with Crippen LogP contribution in [0.4, 0.5) is 5.69 Å². The van der Waals surface area contributed by atoms with Gasteiger partial charge in [-0.05, 0) is 31.6 Å². The van der Waals surface area contributed by atoms with E-state index in [2.05, 4.69) is 15.0 Å². The topological polar surface area (TPSA) is 71.1 Å². The SMILES string of the molecule is CCNc1ccncc1S(=O)(=O)NCC1CCCCS1. The Bertz CT molecular complexity index is 528. The predicted octanol–water partition coefficient (Wildman–Crippen LogP) is 2.08. The molecular weight excluding hydrogens is 294 g/mol. The van der Waals surface area contributed by atoms with Gasteiger partial charge in [-0.3, -0.25) is 4.98 Å². The highest BCUT2D eigenvalue weighted by molar-refractivity contribution is 8.00. The largest absolute Gasteiger partial charge is 0.384 e. The normalized spacial score (nSPS) is 19.8. The van der Waals surface area contributed by atoms with E-state index in [1.54, 1.807) is 12.3 Å². The Kier molecular flexibility index (Phi) is 5.68. The first-order chi connectivity index (χ1) is 9.63. The molecule has 0 aliphatic carbocycles. The molecule has 0 saturated carbocycles. The van der Waals surface area contributed by atoms with Crippen molar-refractivity contribution in [2.24, 2.45) is 0 Å². The van der Waals surface area contributed by atoms with E-state index in [9.17, 15) is 8.42 Å². The second-order valence-electron chi connectivity index (χ2n) is 4.74. The summed E-state index contributed by atoms with van der Waals surface area (Å²) in [6.45, 7) is 3.10. The molecule has 20 heavy (non-hydrogen) atoms. The van der Waals surface area contributed by atoms with Crippen LogP contribution in [0.3, 0.4) is 0 Å². The van der Waals surface area contributed by atoms with Crippen LogP contribution in [0, 0.1) is 0 Å².